The highest BCUT2D eigenvalue weighted by Crippen LogP contribution is 2.43. The maximum absolute atomic E-state index is 11.0. The van der Waals surface area contributed by atoms with Crippen molar-refractivity contribution in [3.05, 3.63) is 0 Å². The number of aliphatic hydroxyl groups excluding tert-OH is 1. The first-order valence-electron chi connectivity index (χ1n) is 5.17. The van der Waals surface area contributed by atoms with Gasteiger partial charge in [-0.15, -0.1) is 0 Å². The maximum Gasteiger partial charge on any atom is 0.323 e. The van der Waals surface area contributed by atoms with E-state index in [9.17, 15) is 15.0 Å². The summed E-state index contributed by atoms with van der Waals surface area (Å²) in [5.74, 6) is -9.04. The second-order valence-electron chi connectivity index (χ2n) is 5.38. The van der Waals surface area contributed by atoms with Crippen LogP contribution < -0.4 is 0 Å². The lowest BCUT2D eigenvalue weighted by Gasteiger charge is -2.44. The topological polar surface area (TPSA) is 159 Å². The van der Waals surface area contributed by atoms with Gasteiger partial charge in [0.25, 0.3) is 5.97 Å². The predicted molar refractivity (Wildman–Crippen MR) is 57.8 cm³/mol. The van der Waals surface area contributed by atoms with Crippen LogP contribution >= 0.6 is 0 Å². The Morgan fingerprint density at radius 2 is 1.39 bits per heavy atom. The molecule has 8 nitrogen and oxygen atoms in total. The number of carboxylic acids is 1. The molecule has 0 aromatic heterocycles. The molecule has 0 aliphatic heterocycles. The van der Waals surface area contributed by atoms with Crippen LogP contribution in [0.25, 0.3) is 0 Å². The molecule has 18 heavy (non-hydrogen) atoms. The fraction of sp³-hybridized carbons (Fsp3) is 0.900. The van der Waals surface area contributed by atoms with Gasteiger partial charge in [0.2, 0.25) is 0 Å². The molecule has 0 bridgehead atoms. The van der Waals surface area contributed by atoms with Crippen LogP contribution in [-0.2, 0) is 4.79 Å². The van der Waals surface area contributed by atoms with Crippen LogP contribution in [0.2, 0.25) is 0 Å². The normalized spacial score (nSPS) is 17.4. The highest BCUT2D eigenvalue weighted by atomic mass is 16.7. The van der Waals surface area contributed by atoms with Gasteiger partial charge in [0.05, 0.1) is 0 Å². The van der Waals surface area contributed by atoms with Gasteiger partial charge in [0.1, 0.15) is 0 Å². The Labute approximate surface area is 104 Å². The Balaban J connectivity index is 5.58. The van der Waals surface area contributed by atoms with E-state index >= 15 is 0 Å². The van der Waals surface area contributed by atoms with E-state index in [0.717, 1.165) is 0 Å². The number of rotatable bonds is 6. The summed E-state index contributed by atoms with van der Waals surface area (Å²) in [4.78, 5) is 11.0. The van der Waals surface area contributed by atoms with Gasteiger partial charge in [-0.25, -0.2) is 0 Å². The Bertz CT molecular complexity index is 316. The van der Waals surface area contributed by atoms with E-state index in [1.54, 1.807) is 0 Å². The number of aliphatic carboxylic acids is 1. The number of carboxylic acid groups (broad SMARTS) is 1. The van der Waals surface area contributed by atoms with Gasteiger partial charge in [-0.3, -0.25) is 4.79 Å². The SMILES string of the molecule is CC(C)(CO)CC(O)(O)C(C)(C(=O)O)C(O)(O)O. The zero-order valence-electron chi connectivity index (χ0n) is 10.5. The van der Waals surface area contributed by atoms with Gasteiger partial charge < -0.3 is 35.7 Å². The Kier molecular flexibility index (Phi) is 4.52. The van der Waals surface area contributed by atoms with Gasteiger partial charge >= 0.3 is 5.97 Å². The molecule has 0 radical (unpaired) electrons. The highest BCUT2D eigenvalue weighted by Gasteiger charge is 2.65. The first-order chi connectivity index (χ1) is 7.71. The zero-order valence-corrected chi connectivity index (χ0v) is 10.5. The van der Waals surface area contributed by atoms with Crippen LogP contribution in [0.5, 0.6) is 0 Å². The van der Waals surface area contributed by atoms with Gasteiger partial charge in [0, 0.05) is 13.0 Å². The molecule has 7 N–H and O–H groups in total. The highest BCUT2D eigenvalue weighted by molar-refractivity contribution is 5.76. The minimum Gasteiger partial charge on any atom is -0.480 e. The molecular formula is C10H20O8. The third-order valence-corrected chi connectivity index (χ3v) is 3.05. The lowest BCUT2D eigenvalue weighted by Crippen LogP contribution is -2.65. The van der Waals surface area contributed by atoms with Crippen molar-refractivity contribution in [1.29, 1.82) is 0 Å². The van der Waals surface area contributed by atoms with E-state index in [0.29, 0.717) is 6.92 Å². The van der Waals surface area contributed by atoms with Gasteiger partial charge in [-0.1, -0.05) is 13.8 Å². The summed E-state index contributed by atoms with van der Waals surface area (Å²) in [6, 6.07) is 0. The molecule has 0 spiro atoms. The lowest BCUT2D eigenvalue weighted by molar-refractivity contribution is -0.420. The van der Waals surface area contributed by atoms with Crippen LogP contribution in [0.1, 0.15) is 27.2 Å². The number of hydrogen-bond acceptors (Lipinski definition) is 7. The molecule has 0 aromatic carbocycles. The summed E-state index contributed by atoms with van der Waals surface area (Å²) in [6.07, 6.45) is -0.706. The Hall–Kier alpha value is -0.770. The monoisotopic (exact) mass is 268 g/mol. The molecule has 0 saturated carbocycles. The first kappa shape index (κ1) is 17.2. The molecule has 0 aliphatic carbocycles. The molecule has 8 heteroatoms. The fourth-order valence-electron chi connectivity index (χ4n) is 1.48. The van der Waals surface area contributed by atoms with E-state index in [4.69, 9.17) is 25.5 Å². The smallest absolute Gasteiger partial charge is 0.323 e. The molecular weight excluding hydrogens is 248 g/mol. The van der Waals surface area contributed by atoms with Crippen molar-refractivity contribution in [2.45, 2.75) is 39.0 Å². The summed E-state index contributed by atoms with van der Waals surface area (Å²) in [5, 5.41) is 64.7. The first-order valence-corrected chi connectivity index (χ1v) is 5.17. The van der Waals surface area contributed by atoms with Crippen molar-refractivity contribution < 1.29 is 40.5 Å². The zero-order chi connectivity index (χ0) is 15.0. The lowest BCUT2D eigenvalue weighted by atomic mass is 9.71. The molecule has 0 fully saturated rings. The minimum absolute atomic E-state index is 0.499. The minimum atomic E-state index is -3.85. The fourth-order valence-corrected chi connectivity index (χ4v) is 1.48. The van der Waals surface area contributed by atoms with Gasteiger partial charge in [-0.05, 0) is 12.3 Å². The maximum atomic E-state index is 11.0. The van der Waals surface area contributed by atoms with Crippen molar-refractivity contribution in [1.82, 2.24) is 0 Å². The second kappa shape index (κ2) is 4.72. The summed E-state index contributed by atoms with van der Waals surface area (Å²) >= 11 is 0. The van der Waals surface area contributed by atoms with Crippen molar-refractivity contribution in [3.8, 4) is 0 Å². The number of aliphatic hydroxyl groups is 6. The molecule has 0 rings (SSSR count). The number of hydrogen-bond donors (Lipinski definition) is 7. The summed E-state index contributed by atoms with van der Waals surface area (Å²) < 4.78 is 0. The molecule has 0 saturated heterocycles. The quantitative estimate of drug-likeness (QED) is 0.267. The predicted octanol–water partition coefficient (Wildman–Crippen LogP) is -2.20. The van der Waals surface area contributed by atoms with Gasteiger partial charge in [-0.2, -0.15) is 0 Å². The molecule has 1 unspecified atom stereocenters. The molecule has 0 aromatic rings. The molecule has 1 atom stereocenters. The van der Waals surface area contributed by atoms with Crippen LogP contribution in [0.4, 0.5) is 0 Å². The molecule has 0 aliphatic rings. The molecule has 0 heterocycles. The molecule has 0 amide bonds. The van der Waals surface area contributed by atoms with E-state index in [1.807, 2.05) is 0 Å². The Morgan fingerprint density at radius 3 is 1.61 bits per heavy atom. The number of carbonyl (C=O) groups is 1. The standard InChI is InChI=1S/C10H20O8/c1-7(2,5-11)4-9(14,15)8(3,6(12)13)10(16,17)18/h11,14-18H,4-5H2,1-3H3,(H,12,13). The third-order valence-electron chi connectivity index (χ3n) is 3.05. The summed E-state index contributed by atoms with van der Waals surface area (Å²) in [5.41, 5.74) is -4.18. The third kappa shape index (κ3) is 2.97. The van der Waals surface area contributed by atoms with Crippen LogP contribution in [0.3, 0.4) is 0 Å². The average molecular weight is 268 g/mol. The van der Waals surface area contributed by atoms with E-state index < -0.39 is 41.6 Å². The van der Waals surface area contributed by atoms with Gasteiger partial charge in [0.15, 0.2) is 11.2 Å². The van der Waals surface area contributed by atoms with E-state index in [2.05, 4.69) is 0 Å². The molecule has 108 valence electrons. The van der Waals surface area contributed by atoms with E-state index in [-0.39, 0.29) is 0 Å². The Morgan fingerprint density at radius 1 is 1.00 bits per heavy atom. The largest absolute Gasteiger partial charge is 0.480 e. The van der Waals surface area contributed by atoms with Crippen LogP contribution in [0.15, 0.2) is 0 Å². The van der Waals surface area contributed by atoms with E-state index in [1.165, 1.54) is 13.8 Å². The van der Waals surface area contributed by atoms with Crippen LogP contribution in [-0.4, -0.2) is 60.1 Å². The van der Waals surface area contributed by atoms with Crippen molar-refractivity contribution in [2.75, 3.05) is 6.61 Å². The van der Waals surface area contributed by atoms with Crippen LogP contribution in [0, 0.1) is 10.8 Å². The summed E-state index contributed by atoms with van der Waals surface area (Å²) in [7, 11) is 0. The second-order valence-corrected chi connectivity index (χ2v) is 5.38. The van der Waals surface area contributed by atoms with Crippen molar-refractivity contribution >= 4 is 5.97 Å². The van der Waals surface area contributed by atoms with Crippen molar-refractivity contribution in [3.63, 3.8) is 0 Å². The average Bonchev–Trinajstić information content (AvgIpc) is 2.12. The summed E-state index contributed by atoms with van der Waals surface area (Å²) in [6.45, 7) is 2.89. The van der Waals surface area contributed by atoms with Crippen molar-refractivity contribution in [2.24, 2.45) is 10.8 Å².